The van der Waals surface area contributed by atoms with Crippen LogP contribution in [0.4, 0.5) is 0 Å². The third-order valence-corrected chi connectivity index (χ3v) is 4.42. The molecule has 1 atom stereocenters. The standard InChI is InChI=1S/C15H15NO4/c17-13-10-4-1-2-5-11(10)14(18)16(13)12-6-3-7-15(12)19-8-9-20-15/h1-2,4-5,12H,3,6-9H2. The van der Waals surface area contributed by atoms with Crippen molar-refractivity contribution >= 4 is 11.8 Å². The molecule has 2 heterocycles. The van der Waals surface area contributed by atoms with Crippen molar-refractivity contribution in [1.29, 1.82) is 0 Å². The van der Waals surface area contributed by atoms with Gasteiger partial charge in [-0.25, -0.2) is 0 Å². The van der Waals surface area contributed by atoms with Gasteiger partial charge in [-0.3, -0.25) is 14.5 Å². The molecule has 0 radical (unpaired) electrons. The molecule has 5 heteroatoms. The van der Waals surface area contributed by atoms with Gasteiger partial charge < -0.3 is 9.47 Å². The molecule has 1 aliphatic carbocycles. The highest BCUT2D eigenvalue weighted by Gasteiger charge is 2.55. The quantitative estimate of drug-likeness (QED) is 0.729. The van der Waals surface area contributed by atoms with Crippen LogP contribution in [0.3, 0.4) is 0 Å². The lowest BCUT2D eigenvalue weighted by Crippen LogP contribution is -2.52. The number of hydrogen-bond acceptors (Lipinski definition) is 4. The lowest BCUT2D eigenvalue weighted by molar-refractivity contribution is -0.177. The molecule has 1 aromatic carbocycles. The monoisotopic (exact) mass is 273 g/mol. The smallest absolute Gasteiger partial charge is 0.261 e. The van der Waals surface area contributed by atoms with Gasteiger partial charge in [0.15, 0.2) is 5.79 Å². The number of carbonyl (C=O) groups excluding carboxylic acids is 2. The summed E-state index contributed by atoms with van der Waals surface area (Å²) in [5.74, 6) is -1.22. The van der Waals surface area contributed by atoms with Crippen molar-refractivity contribution in [3.8, 4) is 0 Å². The Kier molecular flexibility index (Phi) is 2.49. The van der Waals surface area contributed by atoms with E-state index in [0.29, 0.717) is 24.3 Å². The van der Waals surface area contributed by atoms with Gasteiger partial charge in [-0.2, -0.15) is 0 Å². The van der Waals surface area contributed by atoms with Gasteiger partial charge in [-0.1, -0.05) is 12.1 Å². The Morgan fingerprint density at radius 1 is 1.05 bits per heavy atom. The molecule has 0 bridgehead atoms. The second kappa shape index (κ2) is 4.14. The molecule has 3 aliphatic rings. The molecule has 2 amide bonds. The maximum absolute atomic E-state index is 12.5. The number of rotatable bonds is 1. The van der Waals surface area contributed by atoms with Crippen LogP contribution in [-0.2, 0) is 9.47 Å². The maximum atomic E-state index is 12.5. The van der Waals surface area contributed by atoms with Crippen LogP contribution in [0.2, 0.25) is 0 Å². The van der Waals surface area contributed by atoms with Crippen molar-refractivity contribution in [2.75, 3.05) is 13.2 Å². The summed E-state index contributed by atoms with van der Waals surface area (Å²) in [7, 11) is 0. The van der Waals surface area contributed by atoms with E-state index in [1.165, 1.54) is 4.90 Å². The molecule has 5 nitrogen and oxygen atoms in total. The van der Waals surface area contributed by atoms with Crippen LogP contribution in [0.15, 0.2) is 24.3 Å². The van der Waals surface area contributed by atoms with Crippen molar-refractivity contribution in [2.45, 2.75) is 31.1 Å². The first kappa shape index (κ1) is 12.1. The molecule has 104 valence electrons. The molecule has 0 N–H and O–H groups in total. The van der Waals surface area contributed by atoms with Gasteiger partial charge in [-0.05, 0) is 25.0 Å². The van der Waals surface area contributed by atoms with Crippen molar-refractivity contribution in [1.82, 2.24) is 4.90 Å². The first-order valence-corrected chi connectivity index (χ1v) is 6.98. The number of ether oxygens (including phenoxy) is 2. The van der Waals surface area contributed by atoms with Gasteiger partial charge in [0, 0.05) is 6.42 Å². The summed E-state index contributed by atoms with van der Waals surface area (Å²) in [6.45, 7) is 1.05. The third-order valence-electron chi connectivity index (χ3n) is 4.42. The number of carbonyl (C=O) groups is 2. The number of fused-ring (bicyclic) bond motifs is 1. The van der Waals surface area contributed by atoms with E-state index in [9.17, 15) is 9.59 Å². The molecule has 1 saturated heterocycles. The molecule has 1 aromatic rings. The van der Waals surface area contributed by atoms with Gasteiger partial charge in [0.25, 0.3) is 11.8 Å². The molecule has 20 heavy (non-hydrogen) atoms. The van der Waals surface area contributed by atoms with E-state index in [0.717, 1.165) is 19.3 Å². The molecule has 2 fully saturated rings. The van der Waals surface area contributed by atoms with Gasteiger partial charge >= 0.3 is 0 Å². The molecule has 1 saturated carbocycles. The largest absolute Gasteiger partial charge is 0.346 e. The molecule has 0 aromatic heterocycles. The van der Waals surface area contributed by atoms with E-state index < -0.39 is 5.79 Å². The van der Waals surface area contributed by atoms with Gasteiger partial charge in [0.05, 0.1) is 30.4 Å². The van der Waals surface area contributed by atoms with Gasteiger partial charge in [-0.15, -0.1) is 0 Å². The Morgan fingerprint density at radius 2 is 1.65 bits per heavy atom. The van der Waals surface area contributed by atoms with E-state index in [1.54, 1.807) is 24.3 Å². The first-order valence-electron chi connectivity index (χ1n) is 6.98. The average Bonchev–Trinajstić information content (AvgIpc) is 3.15. The van der Waals surface area contributed by atoms with Crippen LogP contribution >= 0.6 is 0 Å². The Balaban J connectivity index is 1.74. The van der Waals surface area contributed by atoms with E-state index >= 15 is 0 Å². The topological polar surface area (TPSA) is 55.8 Å². The van der Waals surface area contributed by atoms with Crippen molar-refractivity contribution < 1.29 is 19.1 Å². The minimum atomic E-state index is -0.770. The predicted octanol–water partition coefficient (Wildman–Crippen LogP) is 1.58. The second-order valence-electron chi connectivity index (χ2n) is 5.44. The van der Waals surface area contributed by atoms with E-state index in [-0.39, 0.29) is 17.9 Å². The molecule has 4 rings (SSSR count). The average molecular weight is 273 g/mol. The summed E-state index contributed by atoms with van der Waals surface area (Å²) in [6, 6.07) is 6.65. The Labute approximate surface area is 116 Å². The Hall–Kier alpha value is -1.72. The number of hydrogen-bond donors (Lipinski definition) is 0. The molecular formula is C15H15NO4. The normalized spacial score (nSPS) is 27.6. The summed E-state index contributed by atoms with van der Waals surface area (Å²) in [5, 5.41) is 0. The van der Waals surface area contributed by atoms with E-state index in [4.69, 9.17) is 9.47 Å². The number of amides is 2. The predicted molar refractivity (Wildman–Crippen MR) is 69.2 cm³/mol. The van der Waals surface area contributed by atoms with E-state index in [1.807, 2.05) is 0 Å². The zero-order chi connectivity index (χ0) is 13.7. The molecular weight excluding hydrogens is 258 g/mol. The van der Waals surface area contributed by atoms with Crippen LogP contribution in [0.1, 0.15) is 40.0 Å². The fraction of sp³-hybridized carbons (Fsp3) is 0.467. The van der Waals surface area contributed by atoms with Crippen LogP contribution in [-0.4, -0.2) is 41.8 Å². The summed E-state index contributed by atoms with van der Waals surface area (Å²) < 4.78 is 11.5. The number of benzene rings is 1. The van der Waals surface area contributed by atoms with Crippen LogP contribution < -0.4 is 0 Å². The summed E-state index contributed by atoms with van der Waals surface area (Å²) in [4.78, 5) is 26.4. The fourth-order valence-electron chi connectivity index (χ4n) is 3.55. The number of nitrogens with zero attached hydrogens (tertiary/aromatic N) is 1. The van der Waals surface area contributed by atoms with E-state index in [2.05, 4.69) is 0 Å². The van der Waals surface area contributed by atoms with Crippen LogP contribution in [0.5, 0.6) is 0 Å². The SMILES string of the molecule is O=C1c2ccccc2C(=O)N1C1CCCC12OCCO2. The van der Waals surface area contributed by atoms with Crippen molar-refractivity contribution in [2.24, 2.45) is 0 Å². The Morgan fingerprint density at radius 3 is 2.25 bits per heavy atom. The lowest BCUT2D eigenvalue weighted by atomic mass is 10.1. The number of imide groups is 1. The summed E-state index contributed by atoms with van der Waals surface area (Å²) >= 11 is 0. The van der Waals surface area contributed by atoms with Crippen LogP contribution in [0.25, 0.3) is 0 Å². The minimum absolute atomic E-state index is 0.226. The van der Waals surface area contributed by atoms with Gasteiger partial charge in [0.2, 0.25) is 0 Å². The summed E-state index contributed by atoms with van der Waals surface area (Å²) in [5.41, 5.74) is 0.968. The fourth-order valence-corrected chi connectivity index (χ4v) is 3.55. The lowest BCUT2D eigenvalue weighted by Gasteiger charge is -2.34. The summed E-state index contributed by atoms with van der Waals surface area (Å²) in [6.07, 6.45) is 2.38. The second-order valence-corrected chi connectivity index (χ2v) is 5.44. The highest BCUT2D eigenvalue weighted by Crippen LogP contribution is 2.42. The maximum Gasteiger partial charge on any atom is 0.261 e. The molecule has 1 spiro atoms. The molecule has 1 unspecified atom stereocenters. The highest BCUT2D eigenvalue weighted by atomic mass is 16.7. The third kappa shape index (κ3) is 1.45. The Bertz CT molecular complexity index is 551. The highest BCUT2D eigenvalue weighted by molar-refractivity contribution is 6.21. The molecule has 2 aliphatic heterocycles. The first-order chi connectivity index (χ1) is 9.73. The van der Waals surface area contributed by atoms with Crippen molar-refractivity contribution in [3.63, 3.8) is 0 Å². The van der Waals surface area contributed by atoms with Crippen molar-refractivity contribution in [3.05, 3.63) is 35.4 Å². The zero-order valence-electron chi connectivity index (χ0n) is 11.0. The van der Waals surface area contributed by atoms with Gasteiger partial charge in [0.1, 0.15) is 0 Å². The minimum Gasteiger partial charge on any atom is -0.346 e. The zero-order valence-corrected chi connectivity index (χ0v) is 11.0. The van der Waals surface area contributed by atoms with Crippen LogP contribution in [0, 0.1) is 0 Å².